The lowest BCUT2D eigenvalue weighted by Gasteiger charge is -2.14. The first-order valence-corrected chi connectivity index (χ1v) is 10.9. The molecule has 2 heterocycles. The molecule has 0 saturated carbocycles. The molecule has 0 fully saturated rings. The number of hydrogen-bond donors (Lipinski definition) is 0. The minimum atomic E-state index is -1.75. The van der Waals surface area contributed by atoms with Crippen LogP contribution in [-0.2, 0) is 14.1 Å². The van der Waals surface area contributed by atoms with E-state index in [1.54, 1.807) is 0 Å². The highest BCUT2D eigenvalue weighted by Crippen LogP contribution is 2.40. The van der Waals surface area contributed by atoms with Gasteiger partial charge in [0.05, 0.1) is 26.6 Å². The van der Waals surface area contributed by atoms with E-state index in [2.05, 4.69) is 120 Å². The van der Waals surface area contributed by atoms with Crippen molar-refractivity contribution in [2.45, 2.75) is 0 Å². The fraction of sp³-hybridized carbons (Fsp3) is 0.0714. The Morgan fingerprint density at radius 1 is 0.500 bits per heavy atom. The molecule has 0 N–H and O–H groups in total. The molecular formula is C28H22N3O3+. The standard InChI is InChI=1S/C28H22N2.NO3/c1-29-23-15-7-3-11-19(23)27(20-12-4-8-16-24(20)29)28-21-13-5-9-17-25(21)30(2)26-18-10-6-14-22(26)28;2-1(3)4/h3-18H,1-2H3;/q+2;-1. The number of benzene rings is 4. The van der Waals surface area contributed by atoms with Crippen LogP contribution in [0.4, 0.5) is 0 Å². The summed E-state index contributed by atoms with van der Waals surface area (Å²) in [6.07, 6.45) is 0. The fourth-order valence-corrected chi connectivity index (χ4v) is 5.00. The Balaban J connectivity index is 0.000000560. The molecule has 0 saturated heterocycles. The maximum Gasteiger partial charge on any atom is 0.213 e. The number of aryl methyl sites for hydroxylation is 2. The van der Waals surface area contributed by atoms with Crippen molar-refractivity contribution in [3.8, 4) is 11.1 Å². The summed E-state index contributed by atoms with van der Waals surface area (Å²) < 4.78 is 4.61. The molecule has 0 atom stereocenters. The van der Waals surface area contributed by atoms with Crippen molar-refractivity contribution in [2.75, 3.05) is 0 Å². The molecule has 0 radical (unpaired) electrons. The van der Waals surface area contributed by atoms with Gasteiger partial charge in [-0.3, -0.25) is 0 Å². The van der Waals surface area contributed by atoms with Crippen LogP contribution in [0.1, 0.15) is 0 Å². The number of nitrogens with zero attached hydrogens (tertiary/aromatic N) is 3. The van der Waals surface area contributed by atoms with Gasteiger partial charge < -0.3 is 15.3 Å². The van der Waals surface area contributed by atoms with Crippen LogP contribution in [0, 0.1) is 15.3 Å². The number of pyridine rings is 2. The van der Waals surface area contributed by atoms with Crippen LogP contribution in [0.5, 0.6) is 0 Å². The maximum atomic E-state index is 8.25. The summed E-state index contributed by atoms with van der Waals surface area (Å²) in [6, 6.07) is 35.0. The summed E-state index contributed by atoms with van der Waals surface area (Å²) in [5.74, 6) is 0. The average Bonchev–Trinajstić information content (AvgIpc) is 2.86. The third-order valence-electron chi connectivity index (χ3n) is 6.39. The van der Waals surface area contributed by atoms with E-state index in [1.807, 2.05) is 0 Å². The Morgan fingerprint density at radius 3 is 0.941 bits per heavy atom. The molecule has 6 nitrogen and oxygen atoms in total. The molecule has 4 aromatic carbocycles. The number of rotatable bonds is 1. The van der Waals surface area contributed by atoms with Crippen molar-refractivity contribution in [1.82, 2.24) is 0 Å². The van der Waals surface area contributed by atoms with Crippen molar-refractivity contribution in [2.24, 2.45) is 14.1 Å². The average molecular weight is 449 g/mol. The van der Waals surface area contributed by atoms with Gasteiger partial charge in [0.1, 0.15) is 14.1 Å². The summed E-state index contributed by atoms with van der Waals surface area (Å²) in [5.41, 5.74) is 7.60. The zero-order valence-corrected chi connectivity index (χ0v) is 18.8. The lowest BCUT2D eigenvalue weighted by atomic mass is 9.90. The van der Waals surface area contributed by atoms with Crippen LogP contribution >= 0.6 is 0 Å². The highest BCUT2D eigenvalue weighted by molar-refractivity contribution is 6.18. The molecule has 0 bridgehead atoms. The Morgan fingerprint density at radius 2 is 0.706 bits per heavy atom. The van der Waals surface area contributed by atoms with Gasteiger partial charge in [-0.25, -0.2) is 0 Å². The van der Waals surface area contributed by atoms with Crippen LogP contribution in [0.3, 0.4) is 0 Å². The predicted molar refractivity (Wildman–Crippen MR) is 135 cm³/mol. The first-order chi connectivity index (χ1) is 16.5. The minimum Gasteiger partial charge on any atom is -0.356 e. The lowest BCUT2D eigenvalue weighted by molar-refractivity contribution is -0.617. The second kappa shape index (κ2) is 8.41. The molecule has 0 unspecified atom stereocenters. The van der Waals surface area contributed by atoms with E-state index in [0.29, 0.717) is 0 Å². The summed E-state index contributed by atoms with van der Waals surface area (Å²) >= 11 is 0. The van der Waals surface area contributed by atoms with Gasteiger partial charge in [-0.05, 0) is 24.3 Å². The molecule has 0 spiro atoms. The second-order valence-electron chi connectivity index (χ2n) is 8.16. The summed E-state index contributed by atoms with van der Waals surface area (Å²) in [5, 5.41) is 19.9. The zero-order valence-electron chi connectivity index (χ0n) is 18.8. The number of para-hydroxylation sites is 4. The van der Waals surface area contributed by atoms with Crippen molar-refractivity contribution in [3.05, 3.63) is 112 Å². The SMILES string of the molecule is C[n+]1c2ccccc2c(-c2c3ccccc3[n+](C)c3ccccc23)c2ccccc21.O=[N+]([O-])[O-]. The lowest BCUT2D eigenvalue weighted by Crippen LogP contribution is -2.31. The van der Waals surface area contributed by atoms with E-state index in [4.69, 9.17) is 15.3 Å². The predicted octanol–water partition coefficient (Wildman–Crippen LogP) is 5.38. The Labute approximate surface area is 195 Å². The highest BCUT2D eigenvalue weighted by Gasteiger charge is 2.24. The monoisotopic (exact) mass is 448 g/mol. The van der Waals surface area contributed by atoms with Crippen molar-refractivity contribution in [1.29, 1.82) is 0 Å². The van der Waals surface area contributed by atoms with Gasteiger partial charge in [-0.15, -0.1) is 0 Å². The van der Waals surface area contributed by atoms with Crippen molar-refractivity contribution in [3.63, 3.8) is 0 Å². The Bertz CT molecular complexity index is 1490. The Kier molecular flexibility index (Phi) is 5.26. The van der Waals surface area contributed by atoms with E-state index in [-0.39, 0.29) is 0 Å². The highest BCUT2D eigenvalue weighted by atomic mass is 16.9. The number of hydrogen-bond acceptors (Lipinski definition) is 3. The molecule has 2 aromatic heterocycles. The maximum absolute atomic E-state index is 8.25. The molecule has 0 amide bonds. The quantitative estimate of drug-likeness (QED) is 0.147. The van der Waals surface area contributed by atoms with E-state index in [0.717, 1.165) is 0 Å². The third-order valence-corrected chi connectivity index (χ3v) is 6.39. The van der Waals surface area contributed by atoms with E-state index < -0.39 is 5.09 Å². The smallest absolute Gasteiger partial charge is 0.213 e. The first kappa shape index (κ1) is 21.3. The normalized spacial score (nSPS) is 11.0. The third kappa shape index (κ3) is 3.36. The largest absolute Gasteiger partial charge is 0.356 e. The van der Waals surface area contributed by atoms with Crippen LogP contribution in [0.2, 0.25) is 0 Å². The van der Waals surface area contributed by atoms with Crippen molar-refractivity contribution < 1.29 is 14.2 Å². The summed E-state index contributed by atoms with van der Waals surface area (Å²) in [6.45, 7) is 0. The van der Waals surface area contributed by atoms with Gasteiger partial charge in [0.15, 0.2) is 0 Å². The zero-order chi connectivity index (χ0) is 23.8. The van der Waals surface area contributed by atoms with Crippen LogP contribution < -0.4 is 9.13 Å². The second-order valence-corrected chi connectivity index (χ2v) is 8.16. The van der Waals surface area contributed by atoms with E-state index >= 15 is 0 Å². The van der Waals surface area contributed by atoms with Gasteiger partial charge in [0.25, 0.3) is 0 Å². The topological polar surface area (TPSA) is 74.0 Å². The molecular weight excluding hydrogens is 426 g/mol. The van der Waals surface area contributed by atoms with Gasteiger partial charge in [-0.1, -0.05) is 48.5 Å². The van der Waals surface area contributed by atoms with Crippen LogP contribution in [0.25, 0.3) is 54.7 Å². The number of aromatic nitrogens is 2. The van der Waals surface area contributed by atoms with Gasteiger partial charge in [0, 0.05) is 35.4 Å². The summed E-state index contributed by atoms with van der Waals surface area (Å²) in [4.78, 5) is 8.25. The molecule has 6 rings (SSSR count). The molecule has 0 aliphatic carbocycles. The van der Waals surface area contributed by atoms with Gasteiger partial charge in [0.2, 0.25) is 22.1 Å². The van der Waals surface area contributed by atoms with Crippen LogP contribution in [-0.4, -0.2) is 5.09 Å². The van der Waals surface area contributed by atoms with Crippen LogP contribution in [0.15, 0.2) is 97.1 Å². The molecule has 0 aliphatic heterocycles. The van der Waals surface area contributed by atoms with Gasteiger partial charge >= 0.3 is 0 Å². The van der Waals surface area contributed by atoms with E-state index in [9.17, 15) is 0 Å². The molecule has 6 aromatic rings. The molecule has 0 aliphatic rings. The first-order valence-electron chi connectivity index (χ1n) is 10.9. The molecule has 34 heavy (non-hydrogen) atoms. The Hall–Kier alpha value is -4.58. The molecule has 6 heteroatoms. The van der Waals surface area contributed by atoms with E-state index in [1.165, 1.54) is 54.7 Å². The number of fused-ring (bicyclic) bond motifs is 4. The minimum absolute atomic E-state index is 1.24. The molecule has 166 valence electrons. The fourth-order valence-electron chi connectivity index (χ4n) is 5.00. The van der Waals surface area contributed by atoms with Crippen molar-refractivity contribution >= 4 is 43.6 Å². The van der Waals surface area contributed by atoms with Gasteiger partial charge in [-0.2, -0.15) is 9.13 Å². The summed E-state index contributed by atoms with van der Waals surface area (Å²) in [7, 11) is 4.32.